The molecule has 1 saturated heterocycles. The molecule has 0 radical (unpaired) electrons. The molecule has 3 N–H and O–H groups in total. The predicted octanol–water partition coefficient (Wildman–Crippen LogP) is 1.67. The maximum atomic E-state index is 11.2. The van der Waals surface area contributed by atoms with Gasteiger partial charge in [-0.3, -0.25) is 10.1 Å². The molecule has 21 heavy (non-hydrogen) atoms. The summed E-state index contributed by atoms with van der Waals surface area (Å²) in [4.78, 5) is 27.5. The Labute approximate surface area is 126 Å². The lowest BCUT2D eigenvalue weighted by Gasteiger charge is -2.36. The van der Waals surface area contributed by atoms with E-state index in [1.165, 1.54) is 12.3 Å². The smallest absolute Gasteiger partial charge is 0.313 e. The normalized spacial score (nSPS) is 18.3. The van der Waals surface area contributed by atoms with Crippen molar-refractivity contribution in [3.8, 4) is 0 Å². The van der Waals surface area contributed by atoms with Crippen LogP contribution < -0.4 is 16.0 Å². The molecule has 2 amide bonds. The highest BCUT2D eigenvalue weighted by Crippen LogP contribution is 2.32. The number of primary amides is 1. The number of rotatable bonds is 4. The van der Waals surface area contributed by atoms with Crippen LogP contribution in [0.5, 0.6) is 0 Å². The fourth-order valence-electron chi connectivity index (χ4n) is 2.49. The molecule has 1 aliphatic heterocycles. The minimum Gasteiger partial charge on any atom is -0.352 e. The van der Waals surface area contributed by atoms with Crippen molar-refractivity contribution in [2.24, 2.45) is 5.73 Å². The summed E-state index contributed by atoms with van der Waals surface area (Å²) in [5, 5.41) is 13.9. The average Bonchev–Trinajstić information content (AvgIpc) is 2.45. The molecular weight excluding hydrogens is 298 g/mol. The van der Waals surface area contributed by atoms with Gasteiger partial charge in [-0.25, -0.2) is 9.78 Å². The number of aromatic nitrogens is 1. The van der Waals surface area contributed by atoms with E-state index in [1.54, 1.807) is 0 Å². The van der Waals surface area contributed by atoms with Crippen LogP contribution in [-0.4, -0.2) is 35.1 Å². The lowest BCUT2D eigenvalue weighted by atomic mass is 10.0. The quantitative estimate of drug-likeness (QED) is 0.648. The van der Waals surface area contributed by atoms with Crippen molar-refractivity contribution in [3.63, 3.8) is 0 Å². The number of nitrogens with zero attached hydrogens (tertiary/aromatic N) is 3. The van der Waals surface area contributed by atoms with Crippen LogP contribution in [0.1, 0.15) is 19.3 Å². The molecule has 0 unspecified atom stereocenters. The van der Waals surface area contributed by atoms with Gasteiger partial charge in [0.25, 0.3) is 0 Å². The molecule has 0 aromatic carbocycles. The van der Waals surface area contributed by atoms with Gasteiger partial charge in [-0.1, -0.05) is 11.6 Å². The van der Waals surface area contributed by atoms with Crippen molar-refractivity contribution >= 4 is 29.1 Å². The maximum absolute atomic E-state index is 11.2. The molecule has 1 aromatic rings. The standard InChI is InChI=1S/C12H16ClN5O3/c13-8-5-10(18(20)21)11(15-6-8)17-4-2-1-3-9(17)7-16-12(14)19/h5-6,9H,1-4,7H2,(H3,14,16,19)/t9-/m0/s1. The molecule has 0 aliphatic carbocycles. The molecule has 9 heteroatoms. The predicted molar refractivity (Wildman–Crippen MR) is 78.5 cm³/mol. The van der Waals surface area contributed by atoms with Gasteiger partial charge in [-0.2, -0.15) is 0 Å². The number of anilines is 1. The third-order valence-electron chi connectivity index (χ3n) is 3.42. The zero-order chi connectivity index (χ0) is 15.4. The highest BCUT2D eigenvalue weighted by atomic mass is 35.5. The Morgan fingerprint density at radius 1 is 1.62 bits per heavy atom. The van der Waals surface area contributed by atoms with Crippen LogP contribution in [0.3, 0.4) is 0 Å². The summed E-state index contributed by atoms with van der Waals surface area (Å²) in [6.07, 6.45) is 4.09. The van der Waals surface area contributed by atoms with Crippen molar-refractivity contribution in [2.45, 2.75) is 25.3 Å². The molecule has 114 valence electrons. The molecule has 1 aromatic heterocycles. The van der Waals surface area contributed by atoms with Gasteiger partial charge in [0.15, 0.2) is 0 Å². The molecule has 0 saturated carbocycles. The van der Waals surface area contributed by atoms with Crippen molar-refractivity contribution < 1.29 is 9.72 Å². The summed E-state index contributed by atoms with van der Waals surface area (Å²) in [5.41, 5.74) is 4.95. The second kappa shape index (κ2) is 6.57. The molecule has 1 atom stereocenters. The molecule has 0 spiro atoms. The molecule has 1 fully saturated rings. The lowest BCUT2D eigenvalue weighted by molar-refractivity contribution is -0.384. The Morgan fingerprint density at radius 3 is 3.05 bits per heavy atom. The van der Waals surface area contributed by atoms with Crippen LogP contribution in [0, 0.1) is 10.1 Å². The van der Waals surface area contributed by atoms with E-state index >= 15 is 0 Å². The Balaban J connectivity index is 2.28. The first-order chi connectivity index (χ1) is 9.99. The minimum atomic E-state index is -0.612. The van der Waals surface area contributed by atoms with Gasteiger partial charge in [0.05, 0.1) is 9.95 Å². The Hall–Kier alpha value is -2.09. The number of nitro groups is 1. The van der Waals surface area contributed by atoms with Crippen LogP contribution in [-0.2, 0) is 0 Å². The number of nitrogens with one attached hydrogen (secondary N) is 1. The second-order valence-electron chi connectivity index (χ2n) is 4.84. The van der Waals surface area contributed by atoms with E-state index in [9.17, 15) is 14.9 Å². The van der Waals surface area contributed by atoms with Crippen LogP contribution in [0.2, 0.25) is 5.02 Å². The Bertz CT molecular complexity index is 554. The number of amides is 2. The molecular formula is C12H16ClN5O3. The third kappa shape index (κ3) is 3.72. The van der Waals surface area contributed by atoms with E-state index < -0.39 is 11.0 Å². The average molecular weight is 314 g/mol. The van der Waals surface area contributed by atoms with Crippen LogP contribution in [0.15, 0.2) is 12.3 Å². The van der Waals surface area contributed by atoms with Crippen LogP contribution in [0.4, 0.5) is 16.3 Å². The van der Waals surface area contributed by atoms with Gasteiger partial charge < -0.3 is 16.0 Å². The number of hydrogen-bond acceptors (Lipinski definition) is 5. The number of nitrogens with two attached hydrogens (primary N) is 1. The largest absolute Gasteiger partial charge is 0.352 e. The minimum absolute atomic E-state index is 0.0707. The van der Waals surface area contributed by atoms with Crippen molar-refractivity contribution in [3.05, 3.63) is 27.4 Å². The molecule has 0 bridgehead atoms. The number of hydrogen-bond donors (Lipinski definition) is 2. The summed E-state index contributed by atoms with van der Waals surface area (Å²) in [6.45, 7) is 0.970. The van der Waals surface area contributed by atoms with E-state index in [0.717, 1.165) is 19.3 Å². The van der Waals surface area contributed by atoms with Gasteiger partial charge in [0.1, 0.15) is 0 Å². The van der Waals surface area contributed by atoms with Gasteiger partial charge in [-0.05, 0) is 19.3 Å². The lowest BCUT2D eigenvalue weighted by Crippen LogP contribution is -2.48. The summed E-state index contributed by atoms with van der Waals surface area (Å²) in [7, 11) is 0. The third-order valence-corrected chi connectivity index (χ3v) is 3.63. The summed E-state index contributed by atoms with van der Waals surface area (Å²) >= 11 is 5.78. The second-order valence-corrected chi connectivity index (χ2v) is 5.28. The summed E-state index contributed by atoms with van der Waals surface area (Å²) in [6, 6.07) is 0.606. The number of halogens is 1. The van der Waals surface area contributed by atoms with E-state index in [1.807, 2.05) is 4.90 Å². The number of piperidine rings is 1. The van der Waals surface area contributed by atoms with Crippen LogP contribution >= 0.6 is 11.6 Å². The molecule has 8 nitrogen and oxygen atoms in total. The van der Waals surface area contributed by atoms with Gasteiger partial charge in [0, 0.05) is 31.4 Å². The van der Waals surface area contributed by atoms with E-state index in [0.29, 0.717) is 13.1 Å². The van der Waals surface area contributed by atoms with Gasteiger partial charge >= 0.3 is 11.7 Å². The Kier molecular flexibility index (Phi) is 4.79. The fraction of sp³-hybridized carbons (Fsp3) is 0.500. The number of urea groups is 1. The van der Waals surface area contributed by atoms with Gasteiger partial charge in [0.2, 0.25) is 5.82 Å². The monoisotopic (exact) mass is 313 g/mol. The first-order valence-electron chi connectivity index (χ1n) is 6.59. The molecule has 1 aliphatic rings. The van der Waals surface area contributed by atoms with E-state index in [2.05, 4.69) is 10.3 Å². The Morgan fingerprint density at radius 2 is 2.38 bits per heavy atom. The van der Waals surface area contributed by atoms with Gasteiger partial charge in [-0.15, -0.1) is 0 Å². The highest BCUT2D eigenvalue weighted by Gasteiger charge is 2.29. The summed E-state index contributed by atoms with van der Waals surface area (Å²) in [5.74, 6) is 0.278. The fourth-order valence-corrected chi connectivity index (χ4v) is 2.64. The van der Waals surface area contributed by atoms with E-state index in [-0.39, 0.29) is 22.6 Å². The van der Waals surface area contributed by atoms with Crippen LogP contribution in [0.25, 0.3) is 0 Å². The first-order valence-corrected chi connectivity index (χ1v) is 6.96. The first kappa shape index (κ1) is 15.3. The number of pyridine rings is 1. The van der Waals surface area contributed by atoms with E-state index in [4.69, 9.17) is 17.3 Å². The summed E-state index contributed by atoms with van der Waals surface area (Å²) < 4.78 is 0. The maximum Gasteiger partial charge on any atom is 0.313 e. The topological polar surface area (TPSA) is 114 Å². The molecule has 2 rings (SSSR count). The molecule has 2 heterocycles. The zero-order valence-electron chi connectivity index (χ0n) is 11.3. The highest BCUT2D eigenvalue weighted by molar-refractivity contribution is 6.30. The SMILES string of the molecule is NC(=O)NC[C@@H]1CCCCN1c1ncc(Cl)cc1[N+](=O)[O-]. The zero-order valence-corrected chi connectivity index (χ0v) is 12.0. The van der Waals surface area contributed by atoms with Crippen molar-refractivity contribution in [1.82, 2.24) is 10.3 Å². The number of carbonyl (C=O) groups is 1. The van der Waals surface area contributed by atoms with Crippen molar-refractivity contribution in [2.75, 3.05) is 18.0 Å². The van der Waals surface area contributed by atoms with Crippen molar-refractivity contribution in [1.29, 1.82) is 0 Å². The number of carbonyl (C=O) groups excluding carboxylic acids is 1.